The molecule has 0 bridgehead atoms. The summed E-state index contributed by atoms with van der Waals surface area (Å²) >= 11 is 1.68. The molecule has 0 aliphatic carbocycles. The molecule has 1 aliphatic heterocycles. The highest BCUT2D eigenvalue weighted by Gasteiger charge is 2.28. The second-order valence-electron chi connectivity index (χ2n) is 5.64. The van der Waals surface area contributed by atoms with Gasteiger partial charge in [-0.15, -0.1) is 0 Å². The topological polar surface area (TPSA) is 49.6 Å². The van der Waals surface area contributed by atoms with Crippen LogP contribution in [0, 0.1) is 0 Å². The highest BCUT2D eigenvalue weighted by molar-refractivity contribution is 7.08. The molecule has 1 N–H and O–H groups in total. The lowest BCUT2D eigenvalue weighted by Crippen LogP contribution is -2.42. The molecule has 1 unspecified atom stereocenters. The van der Waals surface area contributed by atoms with Gasteiger partial charge in [0.25, 0.3) is 0 Å². The minimum absolute atomic E-state index is 0.0580. The highest BCUT2D eigenvalue weighted by atomic mass is 32.1. The van der Waals surface area contributed by atoms with Crippen LogP contribution in [0.1, 0.15) is 32.0 Å². The van der Waals surface area contributed by atoms with Gasteiger partial charge in [-0.25, -0.2) is 4.98 Å². The molecule has 1 aliphatic rings. The number of rotatable bonds is 2. The quantitative estimate of drug-likeness (QED) is 0.755. The molecule has 1 fully saturated rings. The van der Waals surface area contributed by atoms with E-state index in [4.69, 9.17) is 0 Å². The molecule has 1 amide bonds. The predicted octanol–water partition coefficient (Wildman–Crippen LogP) is 4.05. The van der Waals surface area contributed by atoms with Crippen LogP contribution in [0.15, 0.2) is 53.8 Å². The number of fused-ring (bicyclic) bond motifs is 1. The van der Waals surface area contributed by atoms with Gasteiger partial charge in [0.1, 0.15) is 11.5 Å². The maximum Gasteiger partial charge on any atom is 0.230 e. The number of carbonyl (C=O) groups excluding carboxylic acids is 1. The first-order valence-corrected chi connectivity index (χ1v) is 9.29. The van der Waals surface area contributed by atoms with Gasteiger partial charge in [0.15, 0.2) is 0 Å². The smallest absolute Gasteiger partial charge is 0.230 e. The maximum atomic E-state index is 12.1. The van der Waals surface area contributed by atoms with E-state index in [1.165, 1.54) is 5.56 Å². The lowest BCUT2D eigenvalue weighted by atomic mass is 10.1. The van der Waals surface area contributed by atoms with E-state index in [0.29, 0.717) is 12.2 Å². The Morgan fingerprint density at radius 3 is 2.76 bits per heavy atom. The number of nitrogens with one attached hydrogen (secondary N) is 1. The first kappa shape index (κ1) is 17.2. The van der Waals surface area contributed by atoms with Gasteiger partial charge in [0, 0.05) is 13.2 Å². The molecule has 25 heavy (non-hydrogen) atoms. The van der Waals surface area contributed by atoms with Crippen LogP contribution in [0.3, 0.4) is 0 Å². The van der Waals surface area contributed by atoms with Gasteiger partial charge < -0.3 is 14.6 Å². The molecule has 1 saturated heterocycles. The van der Waals surface area contributed by atoms with Crippen LogP contribution in [0.4, 0.5) is 0 Å². The van der Waals surface area contributed by atoms with Crippen LogP contribution in [-0.4, -0.2) is 27.2 Å². The zero-order valence-electron chi connectivity index (χ0n) is 14.7. The minimum Gasteiger partial charge on any atom is -0.363 e. The van der Waals surface area contributed by atoms with Gasteiger partial charge in [0.05, 0.1) is 24.4 Å². The number of nitrogens with zero attached hydrogens (tertiary/aromatic N) is 3. The normalized spacial score (nSPS) is 17.2. The number of hydrogen-bond acceptors (Lipinski definition) is 4. The third-order valence-electron chi connectivity index (χ3n) is 4.24. The van der Waals surface area contributed by atoms with E-state index in [2.05, 4.69) is 50.4 Å². The Morgan fingerprint density at radius 1 is 1.28 bits per heavy atom. The van der Waals surface area contributed by atoms with E-state index in [0.717, 1.165) is 16.9 Å². The number of thiophene rings is 1. The number of imidazole rings is 1. The Labute approximate surface area is 151 Å². The fraction of sp³-hybridized carbons (Fsp3) is 0.263. The molecule has 3 aromatic rings. The van der Waals surface area contributed by atoms with Crippen LogP contribution < -0.4 is 5.32 Å². The van der Waals surface area contributed by atoms with Crippen molar-refractivity contribution in [3.05, 3.63) is 59.4 Å². The van der Waals surface area contributed by atoms with Crippen molar-refractivity contribution in [2.45, 2.75) is 26.3 Å². The highest BCUT2D eigenvalue weighted by Crippen LogP contribution is 2.28. The molecule has 0 saturated carbocycles. The van der Waals surface area contributed by atoms with E-state index < -0.39 is 0 Å². The summed E-state index contributed by atoms with van der Waals surface area (Å²) in [5.74, 6) is 0.679. The number of aromatic nitrogens is 2. The summed E-state index contributed by atoms with van der Waals surface area (Å²) in [5.41, 5.74) is 4.17. The Morgan fingerprint density at radius 2 is 2.08 bits per heavy atom. The van der Waals surface area contributed by atoms with Gasteiger partial charge in [-0.1, -0.05) is 20.4 Å². The second-order valence-corrected chi connectivity index (χ2v) is 6.42. The van der Waals surface area contributed by atoms with E-state index >= 15 is 0 Å². The van der Waals surface area contributed by atoms with E-state index in [9.17, 15) is 4.79 Å². The van der Waals surface area contributed by atoms with Gasteiger partial charge in [0.2, 0.25) is 5.91 Å². The van der Waals surface area contributed by atoms with Crippen molar-refractivity contribution < 1.29 is 4.79 Å². The Balaban J connectivity index is 0.000000880. The third kappa shape index (κ3) is 3.17. The first-order valence-electron chi connectivity index (χ1n) is 8.35. The second kappa shape index (κ2) is 7.11. The first-order chi connectivity index (χ1) is 12.1. The zero-order chi connectivity index (χ0) is 18.0. The van der Waals surface area contributed by atoms with Crippen molar-refractivity contribution in [1.82, 2.24) is 19.6 Å². The fourth-order valence-electron chi connectivity index (χ4n) is 2.85. The largest absolute Gasteiger partial charge is 0.363 e. The van der Waals surface area contributed by atoms with Crippen molar-refractivity contribution in [2.24, 2.45) is 0 Å². The lowest BCUT2D eigenvalue weighted by Gasteiger charge is -2.32. The average Bonchev–Trinajstić information content (AvgIpc) is 3.30. The van der Waals surface area contributed by atoms with Crippen LogP contribution in [-0.2, 0) is 4.79 Å². The molecule has 0 aromatic carbocycles. The Kier molecular flexibility index (Phi) is 4.90. The van der Waals surface area contributed by atoms with Crippen molar-refractivity contribution in [1.29, 1.82) is 0 Å². The average molecular weight is 354 g/mol. The Hall–Kier alpha value is -2.60. The standard InChI is InChI=1S/C17H16N4OS.C2H6/c1-11-19-14(7-17(22)20(11)2)15-8-18-16-4-3-12(9-21(15)16)13-5-6-23-10-13;1-2/h3-6,8-10,14,19H,1,7H2,2H3;1-2H3. The van der Waals surface area contributed by atoms with Crippen molar-refractivity contribution >= 4 is 22.9 Å². The zero-order valence-corrected chi connectivity index (χ0v) is 15.5. The molecule has 4 heterocycles. The van der Waals surface area contributed by atoms with E-state index in [1.54, 1.807) is 23.3 Å². The molecule has 6 heteroatoms. The fourth-order valence-corrected chi connectivity index (χ4v) is 3.51. The number of hydrogen-bond donors (Lipinski definition) is 1. The van der Waals surface area contributed by atoms with Gasteiger partial charge >= 0.3 is 0 Å². The SMILES string of the molecule is C=C1NC(c2cnc3ccc(-c4ccsc4)cn23)CC(=O)N1C.CC. The number of amides is 1. The van der Waals surface area contributed by atoms with Crippen LogP contribution in [0.2, 0.25) is 0 Å². The molecular formula is C19H22N4OS. The summed E-state index contributed by atoms with van der Waals surface area (Å²) in [4.78, 5) is 18.1. The van der Waals surface area contributed by atoms with Crippen molar-refractivity contribution in [3.8, 4) is 11.1 Å². The monoisotopic (exact) mass is 354 g/mol. The van der Waals surface area contributed by atoms with Crippen LogP contribution in [0.5, 0.6) is 0 Å². The van der Waals surface area contributed by atoms with E-state index in [1.807, 2.05) is 26.1 Å². The summed E-state index contributed by atoms with van der Waals surface area (Å²) < 4.78 is 2.05. The summed E-state index contributed by atoms with van der Waals surface area (Å²) in [6.07, 6.45) is 4.30. The van der Waals surface area contributed by atoms with E-state index in [-0.39, 0.29) is 11.9 Å². The van der Waals surface area contributed by atoms with Crippen molar-refractivity contribution in [2.75, 3.05) is 7.05 Å². The number of pyridine rings is 1. The molecule has 0 radical (unpaired) electrons. The van der Waals surface area contributed by atoms with Gasteiger partial charge in [-0.2, -0.15) is 11.3 Å². The third-order valence-corrected chi connectivity index (χ3v) is 4.93. The maximum absolute atomic E-state index is 12.1. The predicted molar refractivity (Wildman–Crippen MR) is 102 cm³/mol. The number of carbonyl (C=O) groups is 1. The van der Waals surface area contributed by atoms with Crippen LogP contribution in [0.25, 0.3) is 16.8 Å². The molecule has 3 aromatic heterocycles. The minimum atomic E-state index is -0.112. The molecule has 4 rings (SSSR count). The van der Waals surface area contributed by atoms with Crippen molar-refractivity contribution in [3.63, 3.8) is 0 Å². The van der Waals surface area contributed by atoms with Gasteiger partial charge in [-0.3, -0.25) is 4.79 Å². The molecular weight excluding hydrogens is 332 g/mol. The summed E-state index contributed by atoms with van der Waals surface area (Å²) in [5, 5.41) is 7.48. The molecule has 1 atom stereocenters. The van der Waals surface area contributed by atoms with Gasteiger partial charge in [-0.05, 0) is 40.1 Å². The lowest BCUT2D eigenvalue weighted by molar-refractivity contribution is -0.130. The Bertz CT molecular complexity index is 879. The summed E-state index contributed by atoms with van der Waals surface area (Å²) in [7, 11) is 1.73. The summed E-state index contributed by atoms with van der Waals surface area (Å²) in [6, 6.07) is 6.06. The van der Waals surface area contributed by atoms with Crippen LogP contribution >= 0.6 is 11.3 Å². The molecule has 0 spiro atoms. The molecule has 130 valence electrons. The molecule has 5 nitrogen and oxygen atoms in total. The summed E-state index contributed by atoms with van der Waals surface area (Å²) in [6.45, 7) is 7.91.